The first-order valence-electron chi connectivity index (χ1n) is 9.33. The van der Waals surface area contributed by atoms with Gasteiger partial charge < -0.3 is 9.88 Å². The maximum atomic E-state index is 12.5. The molecule has 6 heteroatoms. The van der Waals surface area contributed by atoms with E-state index in [2.05, 4.69) is 31.7 Å². The number of nitrogens with zero attached hydrogens (tertiary/aromatic N) is 4. The van der Waals surface area contributed by atoms with Gasteiger partial charge >= 0.3 is 0 Å². The van der Waals surface area contributed by atoms with Gasteiger partial charge in [-0.05, 0) is 38.6 Å². The molecule has 1 aromatic rings. The van der Waals surface area contributed by atoms with Gasteiger partial charge in [-0.15, -0.1) is 0 Å². The summed E-state index contributed by atoms with van der Waals surface area (Å²) in [6, 6.07) is 0. The summed E-state index contributed by atoms with van der Waals surface area (Å²) in [4.78, 5) is 27.1. The highest BCUT2D eigenvalue weighted by Crippen LogP contribution is 2.35. The smallest absolute Gasteiger partial charge is 0.222 e. The van der Waals surface area contributed by atoms with Gasteiger partial charge in [0.1, 0.15) is 0 Å². The summed E-state index contributed by atoms with van der Waals surface area (Å²) in [5.74, 6) is 1.15. The third-order valence-electron chi connectivity index (χ3n) is 6.21. The van der Waals surface area contributed by atoms with Crippen molar-refractivity contribution in [3.63, 3.8) is 0 Å². The normalized spacial score (nSPS) is 30.0. The quantitative estimate of drug-likeness (QED) is 0.904. The van der Waals surface area contributed by atoms with E-state index in [1.165, 1.54) is 18.5 Å². The van der Waals surface area contributed by atoms with Gasteiger partial charge in [-0.2, -0.15) is 0 Å². The van der Waals surface area contributed by atoms with Crippen molar-refractivity contribution in [1.29, 1.82) is 0 Å². The van der Waals surface area contributed by atoms with E-state index in [0.717, 1.165) is 58.0 Å². The van der Waals surface area contributed by atoms with Gasteiger partial charge in [-0.25, -0.2) is 4.98 Å². The minimum Gasteiger partial charge on any atom is -0.347 e. The van der Waals surface area contributed by atoms with Gasteiger partial charge in [0.15, 0.2) is 0 Å². The summed E-state index contributed by atoms with van der Waals surface area (Å²) < 4.78 is 0. The first-order valence-corrected chi connectivity index (χ1v) is 9.33. The number of aromatic amines is 1. The predicted octanol–water partition coefficient (Wildman–Crippen LogP) is 1.32. The Morgan fingerprint density at radius 2 is 2.17 bits per heavy atom. The highest BCUT2D eigenvalue weighted by molar-refractivity contribution is 5.76. The lowest BCUT2D eigenvalue weighted by Crippen LogP contribution is -2.60. The summed E-state index contributed by atoms with van der Waals surface area (Å²) >= 11 is 0. The average molecular weight is 331 g/mol. The van der Waals surface area contributed by atoms with Crippen LogP contribution >= 0.6 is 0 Å². The molecule has 1 aromatic heterocycles. The van der Waals surface area contributed by atoms with Gasteiger partial charge in [-0.1, -0.05) is 0 Å². The van der Waals surface area contributed by atoms with Crippen LogP contribution in [-0.2, 0) is 11.3 Å². The number of H-pyrrole nitrogens is 1. The van der Waals surface area contributed by atoms with Gasteiger partial charge in [0.25, 0.3) is 0 Å². The standard InChI is InChI=1S/C18H29N5O/c1-21-8-9-22(12-16-10-19-14-20-16)13-18(21)5-4-17(24)23(7-6-18)11-15-2-3-15/h10,14-15H,2-9,11-13H2,1H3,(H,19,20). The zero-order chi connectivity index (χ0) is 16.6. The van der Waals surface area contributed by atoms with Gasteiger partial charge in [0, 0.05) is 63.1 Å². The highest BCUT2D eigenvalue weighted by Gasteiger charge is 2.42. The van der Waals surface area contributed by atoms with Crippen molar-refractivity contribution in [1.82, 2.24) is 24.7 Å². The van der Waals surface area contributed by atoms with E-state index in [9.17, 15) is 4.79 Å². The minimum atomic E-state index is 0.145. The lowest BCUT2D eigenvalue weighted by atomic mass is 9.86. The number of likely N-dealkylation sites (tertiary alicyclic amines) is 1. The first kappa shape index (κ1) is 16.1. The maximum Gasteiger partial charge on any atom is 0.222 e. The molecule has 132 valence electrons. The first-order chi connectivity index (χ1) is 11.6. The van der Waals surface area contributed by atoms with Crippen LogP contribution in [0.2, 0.25) is 0 Å². The molecule has 1 aliphatic carbocycles. The van der Waals surface area contributed by atoms with Crippen LogP contribution in [0.3, 0.4) is 0 Å². The molecule has 1 saturated carbocycles. The summed E-state index contributed by atoms with van der Waals surface area (Å²) in [5.41, 5.74) is 1.32. The fourth-order valence-corrected chi connectivity index (χ4v) is 4.33. The molecule has 1 spiro atoms. The van der Waals surface area contributed by atoms with Crippen LogP contribution in [0.15, 0.2) is 12.5 Å². The van der Waals surface area contributed by atoms with Crippen LogP contribution < -0.4 is 0 Å². The molecule has 1 N–H and O–H groups in total. The number of hydrogen-bond donors (Lipinski definition) is 1. The van der Waals surface area contributed by atoms with Crippen LogP contribution in [0, 0.1) is 5.92 Å². The molecule has 3 heterocycles. The molecule has 0 radical (unpaired) electrons. The fourth-order valence-electron chi connectivity index (χ4n) is 4.33. The Bertz CT molecular complexity index is 570. The van der Waals surface area contributed by atoms with Crippen LogP contribution in [-0.4, -0.2) is 75.9 Å². The SMILES string of the molecule is CN1CCN(Cc2cnc[nH]2)CC12CCC(=O)N(CC1CC1)CC2. The van der Waals surface area contributed by atoms with Crippen molar-refractivity contribution in [2.24, 2.45) is 5.92 Å². The molecular formula is C18H29N5O. The Labute approximate surface area is 144 Å². The topological polar surface area (TPSA) is 55.5 Å². The van der Waals surface area contributed by atoms with Crippen molar-refractivity contribution in [3.05, 3.63) is 18.2 Å². The van der Waals surface area contributed by atoms with E-state index >= 15 is 0 Å². The number of piperazine rings is 1. The summed E-state index contributed by atoms with van der Waals surface area (Å²) in [6.45, 7) is 6.05. The summed E-state index contributed by atoms with van der Waals surface area (Å²) in [7, 11) is 2.24. The second-order valence-corrected chi connectivity index (χ2v) is 7.97. The number of rotatable bonds is 4. The Morgan fingerprint density at radius 3 is 2.92 bits per heavy atom. The van der Waals surface area contributed by atoms with Gasteiger partial charge in [-0.3, -0.25) is 14.6 Å². The predicted molar refractivity (Wildman–Crippen MR) is 92.4 cm³/mol. The molecule has 4 rings (SSSR count). The van der Waals surface area contributed by atoms with E-state index in [1.807, 2.05) is 6.20 Å². The van der Waals surface area contributed by atoms with E-state index in [0.29, 0.717) is 12.3 Å². The van der Waals surface area contributed by atoms with Crippen LogP contribution in [0.4, 0.5) is 0 Å². The van der Waals surface area contributed by atoms with Crippen molar-refractivity contribution < 1.29 is 4.79 Å². The number of carbonyl (C=O) groups excluding carboxylic acids is 1. The number of nitrogens with one attached hydrogen (secondary N) is 1. The molecule has 0 bridgehead atoms. The summed E-state index contributed by atoms with van der Waals surface area (Å²) in [5, 5.41) is 0. The van der Waals surface area contributed by atoms with E-state index in [4.69, 9.17) is 0 Å². The van der Waals surface area contributed by atoms with Gasteiger partial charge in [0.2, 0.25) is 5.91 Å². The Morgan fingerprint density at radius 1 is 1.29 bits per heavy atom. The molecule has 1 atom stereocenters. The monoisotopic (exact) mass is 331 g/mol. The highest BCUT2D eigenvalue weighted by atomic mass is 16.2. The summed E-state index contributed by atoms with van der Waals surface area (Å²) in [6.07, 6.45) is 9.08. The molecular weight excluding hydrogens is 302 g/mol. The zero-order valence-electron chi connectivity index (χ0n) is 14.7. The van der Waals surface area contributed by atoms with E-state index < -0.39 is 0 Å². The molecule has 3 aliphatic rings. The lowest BCUT2D eigenvalue weighted by Gasteiger charge is -2.49. The van der Waals surface area contributed by atoms with Crippen LogP contribution in [0.25, 0.3) is 0 Å². The van der Waals surface area contributed by atoms with Crippen molar-refractivity contribution in [2.45, 2.75) is 44.2 Å². The van der Waals surface area contributed by atoms with Crippen molar-refractivity contribution >= 4 is 5.91 Å². The third kappa shape index (κ3) is 3.35. The molecule has 1 amide bonds. The Kier molecular flexibility index (Phi) is 4.35. The number of amides is 1. The molecule has 0 aromatic carbocycles. The van der Waals surface area contributed by atoms with Crippen molar-refractivity contribution in [2.75, 3.05) is 39.8 Å². The average Bonchev–Trinajstić information content (AvgIpc) is 3.28. The molecule has 1 unspecified atom stereocenters. The van der Waals surface area contributed by atoms with E-state index in [-0.39, 0.29) is 5.54 Å². The van der Waals surface area contributed by atoms with Crippen LogP contribution in [0.1, 0.15) is 37.8 Å². The van der Waals surface area contributed by atoms with E-state index in [1.54, 1.807) is 6.33 Å². The molecule has 2 aliphatic heterocycles. The molecule has 3 fully saturated rings. The Balaban J connectivity index is 1.44. The molecule has 2 saturated heterocycles. The Hall–Kier alpha value is -1.40. The van der Waals surface area contributed by atoms with Crippen molar-refractivity contribution in [3.8, 4) is 0 Å². The maximum absolute atomic E-state index is 12.5. The lowest BCUT2D eigenvalue weighted by molar-refractivity contribution is -0.131. The minimum absolute atomic E-state index is 0.145. The number of aromatic nitrogens is 2. The largest absolute Gasteiger partial charge is 0.347 e. The number of likely N-dealkylation sites (N-methyl/N-ethyl adjacent to an activating group) is 1. The van der Waals surface area contributed by atoms with Gasteiger partial charge in [0.05, 0.1) is 6.33 Å². The molecule has 6 nitrogen and oxygen atoms in total. The number of imidazole rings is 1. The second kappa shape index (κ2) is 6.48. The molecule has 24 heavy (non-hydrogen) atoms. The van der Waals surface area contributed by atoms with Crippen LogP contribution in [0.5, 0.6) is 0 Å². The zero-order valence-corrected chi connectivity index (χ0v) is 14.7. The number of hydrogen-bond acceptors (Lipinski definition) is 4. The third-order valence-corrected chi connectivity index (χ3v) is 6.21. The second-order valence-electron chi connectivity index (χ2n) is 7.97. The number of carbonyl (C=O) groups is 1. The fraction of sp³-hybridized carbons (Fsp3) is 0.778.